The molecule has 0 aromatic heterocycles. The van der Waals surface area contributed by atoms with Crippen LogP contribution in [0, 0.1) is 0 Å². The molecule has 0 fully saturated rings. The van der Waals surface area contributed by atoms with Crippen LogP contribution in [0.1, 0.15) is 12.0 Å². The van der Waals surface area contributed by atoms with Crippen LogP contribution in [0.5, 0.6) is 0 Å². The van der Waals surface area contributed by atoms with Gasteiger partial charge in [-0.1, -0.05) is 0 Å². The Morgan fingerprint density at radius 1 is 1.53 bits per heavy atom. The molecule has 1 heterocycles. The quantitative estimate of drug-likeness (QED) is 0.731. The molecule has 1 aromatic rings. The second kappa shape index (κ2) is 4.71. The van der Waals surface area contributed by atoms with Gasteiger partial charge in [0.2, 0.25) is 0 Å². The maximum Gasteiger partial charge on any atom is 0.139 e. The van der Waals surface area contributed by atoms with E-state index in [0.29, 0.717) is 6.54 Å². The van der Waals surface area contributed by atoms with E-state index >= 15 is 0 Å². The topological polar surface area (TPSA) is 20.3 Å². The Kier molecular flexibility index (Phi) is 3.31. The summed E-state index contributed by atoms with van der Waals surface area (Å²) in [6.45, 7) is 0.464. The standard InChI is InChI=1S/C12H15NOS/c1-13(6-7-14)11-4-5-12-10(9-11)3-2-8-15-12/h4-5,7,9H,2-3,6,8H2,1H3. The predicted molar refractivity (Wildman–Crippen MR) is 64.8 cm³/mol. The highest BCUT2D eigenvalue weighted by Gasteiger charge is 2.11. The predicted octanol–water partition coefficient (Wildman–Crippen LogP) is 2.36. The SMILES string of the molecule is CN(CC=O)c1ccc2c(c1)CCCS2. The van der Waals surface area contributed by atoms with Crippen LogP contribution in [-0.2, 0) is 11.2 Å². The molecule has 0 saturated heterocycles. The Morgan fingerprint density at radius 2 is 2.40 bits per heavy atom. The molecule has 1 aromatic carbocycles. The fraction of sp³-hybridized carbons (Fsp3) is 0.417. The highest BCUT2D eigenvalue weighted by molar-refractivity contribution is 7.99. The third-order valence-electron chi connectivity index (χ3n) is 2.68. The Morgan fingerprint density at radius 3 is 3.20 bits per heavy atom. The van der Waals surface area contributed by atoms with Gasteiger partial charge in [0.1, 0.15) is 6.29 Å². The minimum atomic E-state index is 0.464. The number of anilines is 1. The summed E-state index contributed by atoms with van der Waals surface area (Å²) in [4.78, 5) is 13.8. The number of nitrogens with zero attached hydrogens (tertiary/aromatic N) is 1. The molecule has 2 nitrogen and oxygen atoms in total. The molecule has 3 heteroatoms. The molecule has 0 saturated carbocycles. The van der Waals surface area contributed by atoms with E-state index in [4.69, 9.17) is 0 Å². The van der Waals surface area contributed by atoms with E-state index in [1.165, 1.54) is 29.1 Å². The van der Waals surface area contributed by atoms with Crippen molar-refractivity contribution in [2.24, 2.45) is 0 Å². The van der Waals surface area contributed by atoms with E-state index in [0.717, 1.165) is 12.0 Å². The van der Waals surface area contributed by atoms with Crippen LogP contribution in [0.2, 0.25) is 0 Å². The van der Waals surface area contributed by atoms with E-state index in [9.17, 15) is 4.79 Å². The lowest BCUT2D eigenvalue weighted by Gasteiger charge is -2.20. The maximum atomic E-state index is 10.4. The molecule has 2 rings (SSSR count). The molecule has 0 bridgehead atoms. The lowest BCUT2D eigenvalue weighted by molar-refractivity contribution is -0.106. The molecule has 0 unspecified atom stereocenters. The van der Waals surface area contributed by atoms with Gasteiger partial charge >= 0.3 is 0 Å². The molecule has 0 atom stereocenters. The van der Waals surface area contributed by atoms with Crippen molar-refractivity contribution in [3.63, 3.8) is 0 Å². The minimum Gasteiger partial charge on any atom is -0.368 e. The van der Waals surface area contributed by atoms with Gasteiger partial charge in [0.25, 0.3) is 0 Å². The van der Waals surface area contributed by atoms with Gasteiger partial charge in [-0.05, 0) is 42.4 Å². The largest absolute Gasteiger partial charge is 0.368 e. The molecule has 0 amide bonds. The van der Waals surface area contributed by atoms with Gasteiger partial charge in [0.05, 0.1) is 6.54 Å². The molecule has 0 aliphatic carbocycles. The van der Waals surface area contributed by atoms with Gasteiger partial charge in [-0.25, -0.2) is 0 Å². The van der Waals surface area contributed by atoms with Crippen LogP contribution in [0.15, 0.2) is 23.1 Å². The van der Waals surface area contributed by atoms with Gasteiger partial charge in [0, 0.05) is 17.6 Å². The Bertz CT molecular complexity index is 365. The second-order valence-corrected chi connectivity index (χ2v) is 4.93. The van der Waals surface area contributed by atoms with Gasteiger partial charge in [-0.15, -0.1) is 11.8 Å². The normalized spacial score (nSPS) is 14.5. The molecule has 15 heavy (non-hydrogen) atoms. The zero-order valence-corrected chi connectivity index (χ0v) is 9.72. The van der Waals surface area contributed by atoms with Gasteiger partial charge < -0.3 is 9.69 Å². The molecule has 0 spiro atoms. The van der Waals surface area contributed by atoms with Crippen molar-refractivity contribution >= 4 is 23.7 Å². The van der Waals surface area contributed by atoms with Crippen LogP contribution in [0.3, 0.4) is 0 Å². The number of thioether (sulfide) groups is 1. The van der Waals surface area contributed by atoms with Crippen molar-refractivity contribution in [3.8, 4) is 0 Å². The number of likely N-dealkylation sites (N-methyl/N-ethyl adjacent to an activating group) is 1. The summed E-state index contributed by atoms with van der Waals surface area (Å²) in [7, 11) is 1.95. The summed E-state index contributed by atoms with van der Waals surface area (Å²) in [5, 5.41) is 0. The number of rotatable bonds is 3. The summed E-state index contributed by atoms with van der Waals surface area (Å²) < 4.78 is 0. The summed E-state index contributed by atoms with van der Waals surface area (Å²) in [6.07, 6.45) is 3.37. The van der Waals surface area contributed by atoms with Crippen molar-refractivity contribution in [2.75, 3.05) is 24.2 Å². The number of carbonyl (C=O) groups excluding carboxylic acids is 1. The van der Waals surface area contributed by atoms with Crippen molar-refractivity contribution in [2.45, 2.75) is 17.7 Å². The average molecular weight is 221 g/mol. The van der Waals surface area contributed by atoms with Crippen molar-refractivity contribution in [1.82, 2.24) is 0 Å². The number of hydrogen-bond acceptors (Lipinski definition) is 3. The maximum absolute atomic E-state index is 10.4. The first-order valence-electron chi connectivity index (χ1n) is 5.22. The first-order valence-corrected chi connectivity index (χ1v) is 6.20. The molecule has 0 N–H and O–H groups in total. The molecule has 0 radical (unpaired) electrons. The van der Waals surface area contributed by atoms with Crippen molar-refractivity contribution < 1.29 is 4.79 Å². The fourth-order valence-corrected chi connectivity index (χ4v) is 2.82. The van der Waals surface area contributed by atoms with Crippen molar-refractivity contribution in [1.29, 1.82) is 0 Å². The zero-order chi connectivity index (χ0) is 10.7. The minimum absolute atomic E-state index is 0.464. The van der Waals surface area contributed by atoms with E-state index in [1.807, 2.05) is 23.7 Å². The van der Waals surface area contributed by atoms with E-state index in [-0.39, 0.29) is 0 Å². The number of aldehydes is 1. The molecular formula is C12H15NOS. The smallest absolute Gasteiger partial charge is 0.139 e. The summed E-state index contributed by atoms with van der Waals surface area (Å²) >= 11 is 1.93. The monoisotopic (exact) mass is 221 g/mol. The van der Waals surface area contributed by atoms with Crippen LogP contribution in [0.25, 0.3) is 0 Å². The fourth-order valence-electron chi connectivity index (χ4n) is 1.80. The highest BCUT2D eigenvalue weighted by atomic mass is 32.2. The number of hydrogen-bond donors (Lipinski definition) is 0. The number of aryl methyl sites for hydroxylation is 1. The molecular weight excluding hydrogens is 206 g/mol. The Labute approximate surface area is 94.7 Å². The van der Waals surface area contributed by atoms with Gasteiger partial charge in [0.15, 0.2) is 0 Å². The summed E-state index contributed by atoms with van der Waals surface area (Å²) in [5.74, 6) is 1.23. The number of benzene rings is 1. The van der Waals surface area contributed by atoms with Crippen LogP contribution >= 0.6 is 11.8 Å². The first kappa shape index (κ1) is 10.6. The third-order valence-corrected chi connectivity index (χ3v) is 3.88. The molecule has 1 aliphatic rings. The van der Waals surface area contributed by atoms with Gasteiger partial charge in [-0.3, -0.25) is 0 Å². The van der Waals surface area contributed by atoms with E-state index in [1.54, 1.807) is 0 Å². The lowest BCUT2D eigenvalue weighted by Crippen LogP contribution is -2.19. The zero-order valence-electron chi connectivity index (χ0n) is 8.90. The third kappa shape index (κ3) is 2.34. The number of fused-ring (bicyclic) bond motifs is 1. The molecule has 80 valence electrons. The van der Waals surface area contributed by atoms with E-state index in [2.05, 4.69) is 18.2 Å². The van der Waals surface area contributed by atoms with Crippen molar-refractivity contribution in [3.05, 3.63) is 23.8 Å². The van der Waals surface area contributed by atoms with Crippen LogP contribution in [-0.4, -0.2) is 25.6 Å². The second-order valence-electron chi connectivity index (χ2n) is 3.79. The lowest BCUT2D eigenvalue weighted by atomic mass is 10.1. The summed E-state index contributed by atoms with van der Waals surface area (Å²) in [6, 6.07) is 6.49. The van der Waals surface area contributed by atoms with Crippen LogP contribution in [0.4, 0.5) is 5.69 Å². The number of carbonyl (C=O) groups is 1. The van der Waals surface area contributed by atoms with Crippen LogP contribution < -0.4 is 4.90 Å². The first-order chi connectivity index (χ1) is 7.31. The van der Waals surface area contributed by atoms with Gasteiger partial charge in [-0.2, -0.15) is 0 Å². The average Bonchev–Trinajstić information content (AvgIpc) is 2.29. The summed E-state index contributed by atoms with van der Waals surface area (Å²) in [5.41, 5.74) is 2.57. The Balaban J connectivity index is 2.23. The van der Waals surface area contributed by atoms with E-state index < -0.39 is 0 Å². The Hall–Kier alpha value is -0.960. The highest BCUT2D eigenvalue weighted by Crippen LogP contribution is 2.32. The molecule has 1 aliphatic heterocycles.